The van der Waals surface area contributed by atoms with Crippen LogP contribution in [0.4, 0.5) is 11.4 Å². The van der Waals surface area contributed by atoms with E-state index < -0.39 is 49.9 Å². The molecule has 0 saturated carbocycles. The first kappa shape index (κ1) is 35.9. The topological polar surface area (TPSA) is 139 Å². The van der Waals surface area contributed by atoms with Crippen molar-refractivity contribution in [1.29, 1.82) is 0 Å². The van der Waals surface area contributed by atoms with Crippen LogP contribution in [0.1, 0.15) is 37.8 Å². The molecule has 0 unspecified atom stereocenters. The number of aryl methyl sites for hydroxylation is 1. The van der Waals surface area contributed by atoms with Crippen molar-refractivity contribution in [3.8, 4) is 5.75 Å². The second-order valence-electron chi connectivity index (χ2n) is 10.1. The van der Waals surface area contributed by atoms with E-state index in [1.54, 1.807) is 12.1 Å². The summed E-state index contributed by atoms with van der Waals surface area (Å²) in [6.07, 6.45) is 1.56. The van der Waals surface area contributed by atoms with Crippen LogP contribution in [0.15, 0.2) is 59.5 Å². The summed E-state index contributed by atoms with van der Waals surface area (Å²) in [5, 5.41) is 15.2. The predicted octanol–water partition coefficient (Wildman–Crippen LogP) is 6.40. The van der Waals surface area contributed by atoms with Crippen molar-refractivity contribution in [3.05, 3.63) is 90.9 Å². The van der Waals surface area contributed by atoms with Crippen molar-refractivity contribution < 1.29 is 27.7 Å². The maximum atomic E-state index is 14.2. The van der Waals surface area contributed by atoms with E-state index in [1.165, 1.54) is 62.3 Å². The zero-order chi connectivity index (χ0) is 33.5. The quantitative estimate of drug-likeness (QED) is 0.117. The largest absolute Gasteiger partial charge is 0.495 e. The van der Waals surface area contributed by atoms with Crippen LogP contribution in [-0.2, 0) is 26.2 Å². The van der Waals surface area contributed by atoms with Crippen LogP contribution in [0.2, 0.25) is 15.1 Å². The number of anilines is 1. The lowest BCUT2D eigenvalue weighted by Crippen LogP contribution is -2.51. The normalized spacial score (nSPS) is 11.9. The van der Waals surface area contributed by atoms with E-state index in [9.17, 15) is 28.1 Å². The molecule has 0 bridgehead atoms. The van der Waals surface area contributed by atoms with Gasteiger partial charge in [-0.05, 0) is 62.2 Å². The average Bonchev–Trinajstić information content (AvgIpc) is 2.99. The predicted molar refractivity (Wildman–Crippen MR) is 175 cm³/mol. The molecule has 2 amide bonds. The lowest BCUT2D eigenvalue weighted by molar-refractivity contribution is -0.385. The molecule has 0 aliphatic carbocycles. The number of hydrogen-bond acceptors (Lipinski definition) is 7. The zero-order valence-corrected chi connectivity index (χ0v) is 28.1. The first-order valence-electron chi connectivity index (χ1n) is 13.8. The van der Waals surface area contributed by atoms with Crippen molar-refractivity contribution in [1.82, 2.24) is 10.2 Å². The zero-order valence-electron chi connectivity index (χ0n) is 25.1. The van der Waals surface area contributed by atoms with Gasteiger partial charge in [-0.2, -0.15) is 0 Å². The number of nitro benzene ring substituents is 1. The summed E-state index contributed by atoms with van der Waals surface area (Å²) >= 11 is 18.7. The smallest absolute Gasteiger partial charge is 0.273 e. The third-order valence-corrected chi connectivity index (χ3v) is 9.58. The van der Waals surface area contributed by atoms with E-state index in [0.29, 0.717) is 17.1 Å². The summed E-state index contributed by atoms with van der Waals surface area (Å²) in [5.74, 6) is -1.16. The summed E-state index contributed by atoms with van der Waals surface area (Å²) in [6, 6.07) is 11.3. The molecule has 0 aliphatic heterocycles. The molecule has 0 fully saturated rings. The molecule has 11 nitrogen and oxygen atoms in total. The van der Waals surface area contributed by atoms with Crippen molar-refractivity contribution >= 4 is 68.0 Å². The van der Waals surface area contributed by atoms with Crippen molar-refractivity contribution in [3.63, 3.8) is 0 Å². The molecule has 1 N–H and O–H groups in total. The molecule has 1 atom stereocenters. The Morgan fingerprint density at radius 1 is 1.04 bits per heavy atom. The molecule has 0 heterocycles. The van der Waals surface area contributed by atoms with Crippen molar-refractivity contribution in [2.24, 2.45) is 0 Å². The first-order chi connectivity index (χ1) is 21.2. The minimum atomic E-state index is -4.66. The van der Waals surface area contributed by atoms with Gasteiger partial charge in [-0.25, -0.2) is 8.42 Å². The number of nitrogens with one attached hydrogen (secondary N) is 1. The Bertz CT molecular complexity index is 1690. The van der Waals surface area contributed by atoms with Gasteiger partial charge in [0, 0.05) is 39.8 Å². The number of halogens is 3. The summed E-state index contributed by atoms with van der Waals surface area (Å²) in [5.41, 5.74) is 0.199. The van der Waals surface area contributed by atoms with Gasteiger partial charge in [0.05, 0.1) is 22.6 Å². The van der Waals surface area contributed by atoms with E-state index in [4.69, 9.17) is 39.5 Å². The molecular formula is C30H33Cl3N4O7S. The second kappa shape index (κ2) is 15.6. The fourth-order valence-corrected chi connectivity index (χ4v) is 6.47. The Balaban J connectivity index is 2.15. The fraction of sp³-hybridized carbons (Fsp3) is 0.333. The number of nitrogens with zero attached hydrogens (tertiary/aromatic N) is 3. The van der Waals surface area contributed by atoms with Gasteiger partial charge in [0.2, 0.25) is 11.8 Å². The lowest BCUT2D eigenvalue weighted by atomic mass is 10.1. The fourth-order valence-electron chi connectivity index (χ4n) is 4.40. The van der Waals surface area contributed by atoms with Crippen LogP contribution >= 0.6 is 34.8 Å². The highest BCUT2D eigenvalue weighted by atomic mass is 35.5. The molecular weight excluding hydrogens is 667 g/mol. The van der Waals surface area contributed by atoms with Crippen LogP contribution in [0.3, 0.4) is 0 Å². The number of sulfonamides is 1. The highest BCUT2D eigenvalue weighted by Crippen LogP contribution is 2.36. The van der Waals surface area contributed by atoms with Gasteiger partial charge in [-0.3, -0.25) is 24.0 Å². The Kier molecular flexibility index (Phi) is 12.5. The number of carbonyl (C=O) groups is 2. The van der Waals surface area contributed by atoms with Crippen LogP contribution in [-0.4, -0.2) is 56.3 Å². The molecule has 0 saturated heterocycles. The Morgan fingerprint density at radius 3 is 2.33 bits per heavy atom. The second-order valence-corrected chi connectivity index (χ2v) is 13.3. The van der Waals surface area contributed by atoms with Gasteiger partial charge in [-0.1, -0.05) is 60.3 Å². The van der Waals surface area contributed by atoms with E-state index in [1.807, 2.05) is 6.92 Å². The van der Waals surface area contributed by atoms with Crippen LogP contribution in [0, 0.1) is 17.0 Å². The number of rotatable bonds is 14. The molecule has 15 heteroatoms. The number of benzene rings is 3. The molecule has 45 heavy (non-hydrogen) atoms. The van der Waals surface area contributed by atoms with Gasteiger partial charge in [-0.15, -0.1) is 0 Å². The van der Waals surface area contributed by atoms with Gasteiger partial charge in [0.15, 0.2) is 0 Å². The number of amides is 2. The van der Waals surface area contributed by atoms with E-state index in [2.05, 4.69) is 5.32 Å². The number of carbonyl (C=O) groups excluding carboxylic acids is 2. The number of ether oxygens (including phenoxy) is 1. The first-order valence-corrected chi connectivity index (χ1v) is 16.4. The summed E-state index contributed by atoms with van der Waals surface area (Å²) < 4.78 is 34.6. The highest BCUT2D eigenvalue weighted by Gasteiger charge is 2.35. The monoisotopic (exact) mass is 698 g/mol. The molecule has 0 aromatic heterocycles. The van der Waals surface area contributed by atoms with E-state index in [0.717, 1.165) is 23.2 Å². The van der Waals surface area contributed by atoms with Crippen LogP contribution < -0.4 is 14.4 Å². The van der Waals surface area contributed by atoms with E-state index >= 15 is 0 Å². The minimum absolute atomic E-state index is 0.0649. The summed E-state index contributed by atoms with van der Waals surface area (Å²) in [6.45, 7) is 4.37. The summed E-state index contributed by atoms with van der Waals surface area (Å²) in [7, 11) is -3.34. The number of methoxy groups -OCH3 is 1. The number of nitro groups is 1. The average molecular weight is 700 g/mol. The molecule has 0 spiro atoms. The summed E-state index contributed by atoms with van der Waals surface area (Å²) in [4.78, 5) is 39.0. The molecule has 3 aromatic rings. The molecule has 0 radical (unpaired) electrons. The molecule has 3 rings (SSSR count). The highest BCUT2D eigenvalue weighted by molar-refractivity contribution is 7.92. The van der Waals surface area contributed by atoms with Crippen molar-refractivity contribution in [2.45, 2.75) is 51.1 Å². The Labute approximate surface area is 277 Å². The third kappa shape index (κ3) is 8.78. The Hall–Kier alpha value is -3.58. The SMILES string of the molecule is CCCCNC(=O)[C@H](C)N(Cc1ccc(Cl)cc1Cl)C(=O)CN(c1cc(Cl)ccc1OC)S(=O)(=O)c1ccc(C)c([N+](=O)[O-])c1. The third-order valence-electron chi connectivity index (χ3n) is 7.01. The minimum Gasteiger partial charge on any atom is -0.495 e. The molecule has 0 aliphatic rings. The van der Waals surface area contributed by atoms with Gasteiger partial charge in [0.25, 0.3) is 15.7 Å². The standard InChI is InChI=1S/C30H33Cl3N4O7S/c1-5-6-13-34-30(39)20(3)35(17-21-8-9-22(31)14-25(21)33)29(38)18-36(27-15-23(32)10-12-28(27)44-4)45(42,43)24-11-7-19(2)26(16-24)37(40)41/h7-12,14-16,20H,5-6,13,17-18H2,1-4H3,(H,34,39)/t20-/m0/s1. The van der Waals surface area contributed by atoms with Gasteiger partial charge < -0.3 is 15.0 Å². The number of unbranched alkanes of at least 4 members (excludes halogenated alkanes) is 1. The van der Waals surface area contributed by atoms with Gasteiger partial charge >= 0.3 is 0 Å². The molecule has 3 aromatic carbocycles. The van der Waals surface area contributed by atoms with Gasteiger partial charge in [0.1, 0.15) is 18.3 Å². The van der Waals surface area contributed by atoms with Crippen LogP contribution in [0.25, 0.3) is 0 Å². The number of hydrogen-bond donors (Lipinski definition) is 1. The van der Waals surface area contributed by atoms with Crippen LogP contribution in [0.5, 0.6) is 5.75 Å². The lowest BCUT2D eigenvalue weighted by Gasteiger charge is -2.32. The molecule has 242 valence electrons. The maximum Gasteiger partial charge on any atom is 0.273 e. The Morgan fingerprint density at radius 2 is 1.71 bits per heavy atom. The maximum absolute atomic E-state index is 14.2. The van der Waals surface area contributed by atoms with E-state index in [-0.39, 0.29) is 33.6 Å². The van der Waals surface area contributed by atoms with Crippen molar-refractivity contribution in [2.75, 3.05) is 24.5 Å².